The summed E-state index contributed by atoms with van der Waals surface area (Å²) in [5.41, 5.74) is 0.844. The molecule has 0 spiro atoms. The first kappa shape index (κ1) is 15.2. The fourth-order valence-corrected chi connectivity index (χ4v) is 2.03. The van der Waals surface area contributed by atoms with Gasteiger partial charge in [-0.1, -0.05) is 30.3 Å². The van der Waals surface area contributed by atoms with E-state index in [2.05, 4.69) is 4.74 Å². The van der Waals surface area contributed by atoms with Crippen molar-refractivity contribution >= 4 is 18.0 Å². The molecule has 1 atom stereocenters. The van der Waals surface area contributed by atoms with E-state index in [0.717, 1.165) is 10.5 Å². The Balaban J connectivity index is 2.11. The van der Waals surface area contributed by atoms with Crippen LogP contribution in [0.15, 0.2) is 30.3 Å². The molecule has 0 unspecified atom stereocenters. The lowest BCUT2D eigenvalue weighted by molar-refractivity contribution is -0.140. The molecule has 2 rings (SSSR count). The number of amides is 2. The lowest BCUT2D eigenvalue weighted by Gasteiger charge is -2.18. The number of hydrogen-bond donors (Lipinski definition) is 0. The molecule has 1 aliphatic heterocycles. The van der Waals surface area contributed by atoms with Gasteiger partial charge in [0.25, 0.3) is 5.91 Å². The van der Waals surface area contributed by atoms with E-state index >= 15 is 0 Å². The van der Waals surface area contributed by atoms with E-state index in [-0.39, 0.29) is 19.1 Å². The van der Waals surface area contributed by atoms with E-state index in [0.29, 0.717) is 0 Å². The summed E-state index contributed by atoms with van der Waals surface area (Å²) >= 11 is 0. The van der Waals surface area contributed by atoms with Gasteiger partial charge in [-0.05, 0) is 19.4 Å². The number of carbonyl (C=O) groups is 3. The van der Waals surface area contributed by atoms with Crippen molar-refractivity contribution in [2.45, 2.75) is 32.4 Å². The Bertz CT molecular complexity index is 540. The maximum atomic E-state index is 12.1. The van der Waals surface area contributed by atoms with Gasteiger partial charge in [0.1, 0.15) is 12.6 Å². The highest BCUT2D eigenvalue weighted by molar-refractivity contribution is 6.06. The van der Waals surface area contributed by atoms with Crippen LogP contribution in [-0.2, 0) is 25.5 Å². The molecule has 6 nitrogen and oxygen atoms in total. The zero-order chi connectivity index (χ0) is 15.4. The van der Waals surface area contributed by atoms with Gasteiger partial charge in [0.2, 0.25) is 0 Å². The molecule has 0 N–H and O–H groups in total. The minimum atomic E-state index is -0.932. The summed E-state index contributed by atoms with van der Waals surface area (Å²) in [5.74, 6) is -1.28. The van der Waals surface area contributed by atoms with Gasteiger partial charge >= 0.3 is 12.1 Å². The van der Waals surface area contributed by atoms with Crippen LogP contribution in [0.25, 0.3) is 0 Å². The van der Waals surface area contributed by atoms with Gasteiger partial charge in [-0.3, -0.25) is 4.79 Å². The Morgan fingerprint density at radius 3 is 2.57 bits per heavy atom. The molecule has 1 aliphatic rings. The SMILES string of the molecule is CC(C)OCC(=O)N1C(=O)OC(=O)[C@@H]1Cc1ccccc1. The van der Waals surface area contributed by atoms with Crippen molar-refractivity contribution in [3.8, 4) is 0 Å². The topological polar surface area (TPSA) is 72.9 Å². The van der Waals surface area contributed by atoms with Crippen LogP contribution >= 0.6 is 0 Å². The predicted octanol–water partition coefficient (Wildman–Crippen LogP) is 1.53. The third-order valence-electron chi connectivity index (χ3n) is 3.05. The number of carbonyl (C=O) groups excluding carboxylic acids is 3. The first-order chi connectivity index (χ1) is 9.99. The number of nitrogens with zero attached hydrogens (tertiary/aromatic N) is 1. The first-order valence-corrected chi connectivity index (χ1v) is 6.72. The normalized spacial score (nSPS) is 18.2. The van der Waals surface area contributed by atoms with Gasteiger partial charge < -0.3 is 9.47 Å². The average Bonchev–Trinajstić information content (AvgIpc) is 2.72. The van der Waals surface area contributed by atoms with Gasteiger partial charge in [0.15, 0.2) is 0 Å². The minimum Gasteiger partial charge on any atom is -0.374 e. The standard InChI is InChI=1S/C15H17NO5/c1-10(2)20-9-13(17)16-12(14(18)21-15(16)19)8-11-6-4-3-5-7-11/h3-7,10,12H,8-9H2,1-2H3/t12-/m0/s1. The van der Waals surface area contributed by atoms with Gasteiger partial charge in [-0.2, -0.15) is 0 Å². The van der Waals surface area contributed by atoms with Crippen molar-refractivity contribution in [1.29, 1.82) is 0 Å². The smallest absolute Gasteiger partial charge is 0.374 e. The van der Waals surface area contributed by atoms with E-state index in [9.17, 15) is 14.4 Å². The molecule has 1 saturated heterocycles. The molecule has 0 radical (unpaired) electrons. The average molecular weight is 291 g/mol. The summed E-state index contributed by atoms with van der Waals surface area (Å²) in [6, 6.07) is 8.22. The predicted molar refractivity (Wildman–Crippen MR) is 73.4 cm³/mol. The van der Waals surface area contributed by atoms with Crippen molar-refractivity contribution in [2.24, 2.45) is 0 Å². The van der Waals surface area contributed by atoms with E-state index in [1.165, 1.54) is 0 Å². The summed E-state index contributed by atoms with van der Waals surface area (Å²) in [5, 5.41) is 0. The number of imide groups is 1. The molecule has 1 aromatic carbocycles. The Morgan fingerprint density at radius 1 is 1.29 bits per heavy atom. The number of hydrogen-bond acceptors (Lipinski definition) is 5. The van der Waals surface area contributed by atoms with E-state index in [1.54, 1.807) is 13.8 Å². The van der Waals surface area contributed by atoms with Crippen molar-refractivity contribution in [2.75, 3.05) is 6.61 Å². The maximum Gasteiger partial charge on any atom is 0.425 e. The zero-order valence-electron chi connectivity index (χ0n) is 11.9. The van der Waals surface area contributed by atoms with Crippen LogP contribution in [0.4, 0.5) is 4.79 Å². The second kappa shape index (κ2) is 6.49. The first-order valence-electron chi connectivity index (χ1n) is 6.72. The van der Waals surface area contributed by atoms with Crippen LogP contribution in [0.3, 0.4) is 0 Å². The zero-order valence-corrected chi connectivity index (χ0v) is 11.9. The lowest BCUT2D eigenvalue weighted by Crippen LogP contribution is -2.43. The highest BCUT2D eigenvalue weighted by atomic mass is 16.6. The lowest BCUT2D eigenvalue weighted by atomic mass is 10.1. The summed E-state index contributed by atoms with van der Waals surface area (Å²) < 4.78 is 9.75. The second-order valence-corrected chi connectivity index (χ2v) is 5.02. The number of rotatable bonds is 5. The van der Waals surface area contributed by atoms with Gasteiger partial charge in [-0.15, -0.1) is 0 Å². The molecule has 0 saturated carbocycles. The van der Waals surface area contributed by atoms with Crippen LogP contribution < -0.4 is 0 Å². The van der Waals surface area contributed by atoms with Crippen LogP contribution in [0, 0.1) is 0 Å². The van der Waals surface area contributed by atoms with Crippen molar-refractivity contribution in [3.63, 3.8) is 0 Å². The van der Waals surface area contributed by atoms with Crippen LogP contribution in [0.1, 0.15) is 19.4 Å². The molecule has 0 aromatic heterocycles. The molecule has 21 heavy (non-hydrogen) atoms. The Kier molecular flexibility index (Phi) is 4.70. The van der Waals surface area contributed by atoms with E-state index in [1.807, 2.05) is 30.3 Å². The third-order valence-corrected chi connectivity index (χ3v) is 3.05. The van der Waals surface area contributed by atoms with Crippen LogP contribution in [0.2, 0.25) is 0 Å². The molecular weight excluding hydrogens is 274 g/mol. The number of benzene rings is 1. The Morgan fingerprint density at radius 2 is 1.95 bits per heavy atom. The molecule has 0 aliphatic carbocycles. The molecule has 1 aromatic rings. The second-order valence-electron chi connectivity index (χ2n) is 5.02. The van der Waals surface area contributed by atoms with E-state index < -0.39 is 24.0 Å². The van der Waals surface area contributed by atoms with Crippen LogP contribution in [-0.4, -0.2) is 41.6 Å². The fraction of sp³-hybridized carbons (Fsp3) is 0.400. The van der Waals surface area contributed by atoms with E-state index in [4.69, 9.17) is 4.74 Å². The maximum absolute atomic E-state index is 12.1. The third kappa shape index (κ3) is 3.66. The highest BCUT2D eigenvalue weighted by Crippen LogP contribution is 2.19. The van der Waals surface area contributed by atoms with Crippen molar-refractivity contribution < 1.29 is 23.9 Å². The molecule has 112 valence electrons. The Labute approximate surface area is 122 Å². The molecule has 2 amide bonds. The van der Waals surface area contributed by atoms with Crippen LogP contribution in [0.5, 0.6) is 0 Å². The number of ether oxygens (including phenoxy) is 2. The highest BCUT2D eigenvalue weighted by Gasteiger charge is 2.44. The minimum absolute atomic E-state index is 0.143. The summed E-state index contributed by atoms with van der Waals surface area (Å²) in [7, 11) is 0. The van der Waals surface area contributed by atoms with Crippen molar-refractivity contribution in [3.05, 3.63) is 35.9 Å². The number of cyclic esters (lactones) is 2. The van der Waals surface area contributed by atoms with Gasteiger partial charge in [-0.25, -0.2) is 14.5 Å². The molecule has 6 heteroatoms. The monoisotopic (exact) mass is 291 g/mol. The largest absolute Gasteiger partial charge is 0.425 e. The molecule has 1 heterocycles. The van der Waals surface area contributed by atoms with Crippen molar-refractivity contribution in [1.82, 2.24) is 4.90 Å². The molecule has 1 fully saturated rings. The molecule has 0 bridgehead atoms. The summed E-state index contributed by atoms with van der Waals surface area (Å²) in [4.78, 5) is 36.3. The molecular formula is C15H17NO5. The quantitative estimate of drug-likeness (QED) is 0.607. The Hall–Kier alpha value is -2.21. The number of esters is 1. The summed E-state index contributed by atoms with van der Waals surface area (Å²) in [6.45, 7) is 3.30. The van der Waals surface area contributed by atoms with Gasteiger partial charge in [0.05, 0.1) is 6.10 Å². The van der Waals surface area contributed by atoms with Gasteiger partial charge in [0, 0.05) is 6.42 Å². The fourth-order valence-electron chi connectivity index (χ4n) is 2.03. The summed E-state index contributed by atoms with van der Waals surface area (Å²) in [6.07, 6.45) is -0.840.